The molecule has 1 unspecified atom stereocenters. The Morgan fingerprint density at radius 3 is 2.33 bits per heavy atom. The largest absolute Gasteiger partial charge is 0.324 e. The summed E-state index contributed by atoms with van der Waals surface area (Å²) in [5.41, 5.74) is 10.3. The van der Waals surface area contributed by atoms with Gasteiger partial charge in [-0.25, -0.2) is 0 Å². The summed E-state index contributed by atoms with van der Waals surface area (Å²) in [6, 6.07) is 6.82. The molecule has 1 atom stereocenters. The minimum Gasteiger partial charge on any atom is -0.324 e. The second-order valence-corrected chi connectivity index (χ2v) is 5.52. The van der Waals surface area contributed by atoms with E-state index in [9.17, 15) is 0 Å². The maximum Gasteiger partial charge on any atom is 0.0297 e. The number of rotatable bonds is 8. The summed E-state index contributed by atoms with van der Waals surface area (Å²) in [4.78, 5) is 0. The molecule has 0 heterocycles. The van der Waals surface area contributed by atoms with E-state index in [4.69, 9.17) is 5.73 Å². The molecule has 102 valence electrons. The molecule has 0 fully saturated rings. The summed E-state index contributed by atoms with van der Waals surface area (Å²) < 4.78 is 0. The average molecular weight is 247 g/mol. The number of benzene rings is 1. The van der Waals surface area contributed by atoms with E-state index in [1.807, 2.05) is 0 Å². The van der Waals surface area contributed by atoms with Crippen molar-refractivity contribution in [3.8, 4) is 0 Å². The summed E-state index contributed by atoms with van der Waals surface area (Å²) in [6.07, 6.45) is 9.17. The molecule has 0 amide bonds. The highest BCUT2D eigenvalue weighted by Crippen LogP contribution is 2.22. The van der Waals surface area contributed by atoms with Crippen LogP contribution in [-0.4, -0.2) is 0 Å². The Labute approximate surface area is 113 Å². The van der Waals surface area contributed by atoms with Gasteiger partial charge in [-0.3, -0.25) is 0 Å². The van der Waals surface area contributed by atoms with Gasteiger partial charge in [-0.05, 0) is 31.4 Å². The van der Waals surface area contributed by atoms with Crippen LogP contribution in [0.5, 0.6) is 0 Å². The van der Waals surface area contributed by atoms with Crippen molar-refractivity contribution in [2.45, 2.75) is 71.8 Å². The van der Waals surface area contributed by atoms with Gasteiger partial charge in [0.1, 0.15) is 0 Å². The predicted molar refractivity (Wildman–Crippen MR) is 80.8 cm³/mol. The fourth-order valence-electron chi connectivity index (χ4n) is 2.54. The van der Waals surface area contributed by atoms with Crippen LogP contribution in [-0.2, 0) is 0 Å². The summed E-state index contributed by atoms with van der Waals surface area (Å²) in [7, 11) is 0. The first kappa shape index (κ1) is 15.2. The standard InChI is InChI=1S/C17H29N/c1-4-5-6-7-8-9-10-17(18)16-12-11-14(2)13-15(16)3/h11-13,17H,4-10,18H2,1-3H3. The SMILES string of the molecule is CCCCCCCCC(N)c1ccc(C)cc1C. The van der Waals surface area contributed by atoms with E-state index in [-0.39, 0.29) is 6.04 Å². The van der Waals surface area contributed by atoms with E-state index in [1.54, 1.807) is 0 Å². The minimum absolute atomic E-state index is 0.219. The molecule has 0 radical (unpaired) electrons. The number of nitrogens with two attached hydrogens (primary N) is 1. The van der Waals surface area contributed by atoms with Crippen LogP contribution in [0.1, 0.15) is 74.6 Å². The summed E-state index contributed by atoms with van der Waals surface area (Å²) in [6.45, 7) is 6.57. The van der Waals surface area contributed by atoms with Gasteiger partial charge in [0.05, 0.1) is 0 Å². The van der Waals surface area contributed by atoms with Gasteiger partial charge in [0.25, 0.3) is 0 Å². The summed E-state index contributed by atoms with van der Waals surface area (Å²) >= 11 is 0. The molecular formula is C17H29N. The van der Waals surface area contributed by atoms with Gasteiger partial charge in [-0.2, -0.15) is 0 Å². The third kappa shape index (κ3) is 5.22. The molecule has 1 heteroatoms. The first-order chi connectivity index (χ1) is 8.65. The Morgan fingerprint density at radius 2 is 1.67 bits per heavy atom. The Kier molecular flexibility index (Phi) is 7.04. The third-order valence-corrected chi connectivity index (χ3v) is 3.69. The zero-order valence-corrected chi connectivity index (χ0v) is 12.3. The summed E-state index contributed by atoms with van der Waals surface area (Å²) in [5.74, 6) is 0. The zero-order chi connectivity index (χ0) is 13.4. The van der Waals surface area contributed by atoms with E-state index in [0.717, 1.165) is 6.42 Å². The second-order valence-electron chi connectivity index (χ2n) is 5.52. The molecule has 2 N–H and O–H groups in total. The van der Waals surface area contributed by atoms with Crippen molar-refractivity contribution < 1.29 is 0 Å². The van der Waals surface area contributed by atoms with Crippen molar-refractivity contribution >= 4 is 0 Å². The molecule has 0 aliphatic heterocycles. The van der Waals surface area contributed by atoms with Crippen molar-refractivity contribution in [3.05, 3.63) is 34.9 Å². The Balaban J connectivity index is 2.29. The first-order valence-corrected chi connectivity index (χ1v) is 7.48. The number of aryl methyl sites for hydroxylation is 2. The van der Waals surface area contributed by atoms with Gasteiger partial charge in [-0.1, -0.05) is 69.2 Å². The van der Waals surface area contributed by atoms with Crippen LogP contribution in [0.25, 0.3) is 0 Å². The Bertz CT molecular complexity index is 343. The molecule has 0 aliphatic rings. The van der Waals surface area contributed by atoms with Gasteiger partial charge in [0.15, 0.2) is 0 Å². The highest BCUT2D eigenvalue weighted by molar-refractivity contribution is 5.32. The smallest absolute Gasteiger partial charge is 0.0297 e. The topological polar surface area (TPSA) is 26.0 Å². The lowest BCUT2D eigenvalue weighted by Gasteiger charge is -2.15. The molecule has 1 rings (SSSR count). The van der Waals surface area contributed by atoms with Crippen LogP contribution in [0.15, 0.2) is 18.2 Å². The molecule has 1 aromatic carbocycles. The molecule has 1 nitrogen and oxygen atoms in total. The van der Waals surface area contributed by atoms with E-state index >= 15 is 0 Å². The molecule has 0 aliphatic carbocycles. The monoisotopic (exact) mass is 247 g/mol. The lowest BCUT2D eigenvalue weighted by molar-refractivity contribution is 0.546. The lowest BCUT2D eigenvalue weighted by Crippen LogP contribution is -2.11. The highest BCUT2D eigenvalue weighted by Gasteiger charge is 2.08. The van der Waals surface area contributed by atoms with Gasteiger partial charge < -0.3 is 5.73 Å². The van der Waals surface area contributed by atoms with E-state index in [0.29, 0.717) is 0 Å². The van der Waals surface area contributed by atoms with Gasteiger partial charge in [0, 0.05) is 6.04 Å². The predicted octanol–water partition coefficient (Wildman–Crippen LogP) is 5.05. The molecule has 0 aromatic heterocycles. The minimum atomic E-state index is 0.219. The molecule has 0 saturated carbocycles. The normalized spacial score (nSPS) is 12.7. The quantitative estimate of drug-likeness (QED) is 0.639. The number of unbranched alkanes of at least 4 members (excludes halogenated alkanes) is 5. The van der Waals surface area contributed by atoms with Crippen molar-refractivity contribution in [1.82, 2.24) is 0 Å². The van der Waals surface area contributed by atoms with Crippen molar-refractivity contribution in [1.29, 1.82) is 0 Å². The molecule has 0 bridgehead atoms. The highest BCUT2D eigenvalue weighted by atomic mass is 14.6. The van der Waals surface area contributed by atoms with Crippen LogP contribution in [0.4, 0.5) is 0 Å². The second kappa shape index (κ2) is 8.31. The van der Waals surface area contributed by atoms with E-state index < -0.39 is 0 Å². The fraction of sp³-hybridized carbons (Fsp3) is 0.647. The number of hydrogen-bond donors (Lipinski definition) is 1. The molecule has 18 heavy (non-hydrogen) atoms. The van der Waals surface area contributed by atoms with E-state index in [1.165, 1.54) is 55.2 Å². The van der Waals surface area contributed by atoms with Crippen LogP contribution >= 0.6 is 0 Å². The Morgan fingerprint density at radius 1 is 1.00 bits per heavy atom. The van der Waals surface area contributed by atoms with Crippen LogP contribution in [0.3, 0.4) is 0 Å². The third-order valence-electron chi connectivity index (χ3n) is 3.69. The molecule has 0 saturated heterocycles. The van der Waals surface area contributed by atoms with Crippen LogP contribution < -0.4 is 5.73 Å². The van der Waals surface area contributed by atoms with Crippen LogP contribution in [0, 0.1) is 13.8 Å². The van der Waals surface area contributed by atoms with Gasteiger partial charge in [0.2, 0.25) is 0 Å². The van der Waals surface area contributed by atoms with Crippen molar-refractivity contribution in [2.24, 2.45) is 5.73 Å². The maximum atomic E-state index is 6.29. The van der Waals surface area contributed by atoms with Crippen molar-refractivity contribution in [2.75, 3.05) is 0 Å². The zero-order valence-electron chi connectivity index (χ0n) is 12.3. The summed E-state index contributed by atoms with van der Waals surface area (Å²) in [5, 5.41) is 0. The van der Waals surface area contributed by atoms with Crippen molar-refractivity contribution in [3.63, 3.8) is 0 Å². The first-order valence-electron chi connectivity index (χ1n) is 7.48. The average Bonchev–Trinajstić information content (AvgIpc) is 2.33. The van der Waals surface area contributed by atoms with Crippen LogP contribution in [0.2, 0.25) is 0 Å². The van der Waals surface area contributed by atoms with Gasteiger partial charge >= 0.3 is 0 Å². The van der Waals surface area contributed by atoms with E-state index in [2.05, 4.69) is 39.0 Å². The molecule has 1 aromatic rings. The maximum absolute atomic E-state index is 6.29. The fourth-order valence-corrected chi connectivity index (χ4v) is 2.54. The lowest BCUT2D eigenvalue weighted by atomic mass is 9.95. The molecular weight excluding hydrogens is 218 g/mol. The number of hydrogen-bond acceptors (Lipinski definition) is 1. The molecule has 0 spiro atoms. The Hall–Kier alpha value is -0.820. The van der Waals surface area contributed by atoms with Gasteiger partial charge in [-0.15, -0.1) is 0 Å².